The zero-order valence-electron chi connectivity index (χ0n) is 17.3. The van der Waals surface area contributed by atoms with Crippen LogP contribution >= 0.6 is 0 Å². The SMILES string of the molecule is CCNc1ccc(C(=O)N[C@H](CCC(=O)OCC)C(=O)OCC)c(NC(C)=O)c1. The third kappa shape index (κ3) is 8.20. The van der Waals surface area contributed by atoms with Gasteiger partial charge in [-0.05, 0) is 45.4 Å². The van der Waals surface area contributed by atoms with Crippen molar-refractivity contribution in [3.8, 4) is 0 Å². The maximum absolute atomic E-state index is 12.8. The van der Waals surface area contributed by atoms with Crippen LogP contribution in [0.2, 0.25) is 0 Å². The number of rotatable bonds is 11. The minimum atomic E-state index is -1.02. The molecule has 0 saturated heterocycles. The predicted molar refractivity (Wildman–Crippen MR) is 109 cm³/mol. The number of carbonyl (C=O) groups excluding carboxylic acids is 4. The van der Waals surface area contributed by atoms with Crippen molar-refractivity contribution < 1.29 is 28.7 Å². The fraction of sp³-hybridized carbons (Fsp3) is 0.500. The number of nitrogens with one attached hydrogen (secondary N) is 3. The van der Waals surface area contributed by atoms with Gasteiger partial charge in [-0.3, -0.25) is 14.4 Å². The van der Waals surface area contributed by atoms with E-state index in [9.17, 15) is 19.2 Å². The van der Waals surface area contributed by atoms with E-state index in [-0.39, 0.29) is 37.5 Å². The van der Waals surface area contributed by atoms with Gasteiger partial charge in [-0.15, -0.1) is 0 Å². The number of ether oxygens (including phenoxy) is 2. The predicted octanol–water partition coefficient (Wildman–Crippen LogP) is 2.08. The molecule has 3 N–H and O–H groups in total. The molecule has 0 aliphatic rings. The highest BCUT2D eigenvalue weighted by atomic mass is 16.5. The molecular weight excluding hydrogens is 378 g/mol. The Hall–Kier alpha value is -3.10. The maximum Gasteiger partial charge on any atom is 0.328 e. The van der Waals surface area contributed by atoms with Gasteiger partial charge in [0.25, 0.3) is 5.91 Å². The van der Waals surface area contributed by atoms with Gasteiger partial charge in [0.1, 0.15) is 6.04 Å². The number of hydrogen-bond donors (Lipinski definition) is 3. The molecule has 1 rings (SSSR count). The summed E-state index contributed by atoms with van der Waals surface area (Å²) in [7, 11) is 0. The Bertz CT molecular complexity index is 735. The van der Waals surface area contributed by atoms with E-state index in [1.165, 1.54) is 6.92 Å². The summed E-state index contributed by atoms with van der Waals surface area (Å²) in [4.78, 5) is 48.2. The number of amides is 2. The highest BCUT2D eigenvalue weighted by Gasteiger charge is 2.25. The van der Waals surface area contributed by atoms with E-state index in [0.29, 0.717) is 12.2 Å². The molecule has 2 amide bonds. The standard InChI is InChI=1S/C20H29N3O6/c1-5-21-14-8-9-15(17(12-14)22-13(4)24)19(26)23-16(20(27)29-7-3)10-11-18(25)28-6-2/h8-9,12,16,21H,5-7,10-11H2,1-4H3,(H,22,24)(H,23,26)/t16-/m1/s1. The van der Waals surface area contributed by atoms with E-state index < -0.39 is 23.9 Å². The lowest BCUT2D eigenvalue weighted by atomic mass is 10.1. The molecule has 0 radical (unpaired) electrons. The van der Waals surface area contributed by atoms with E-state index in [4.69, 9.17) is 9.47 Å². The monoisotopic (exact) mass is 407 g/mol. The summed E-state index contributed by atoms with van der Waals surface area (Å²) < 4.78 is 9.86. The van der Waals surface area contributed by atoms with Crippen molar-refractivity contribution in [3.63, 3.8) is 0 Å². The molecule has 0 aromatic heterocycles. The van der Waals surface area contributed by atoms with Crippen LogP contribution in [-0.4, -0.2) is 49.6 Å². The molecule has 0 aliphatic carbocycles. The van der Waals surface area contributed by atoms with Crippen LogP contribution in [0.25, 0.3) is 0 Å². The molecule has 9 nitrogen and oxygen atoms in total. The normalized spacial score (nSPS) is 11.2. The zero-order valence-corrected chi connectivity index (χ0v) is 17.3. The van der Waals surface area contributed by atoms with Gasteiger partial charge < -0.3 is 25.4 Å². The Balaban J connectivity index is 3.03. The van der Waals surface area contributed by atoms with Gasteiger partial charge in [0.2, 0.25) is 5.91 Å². The second-order valence-corrected chi connectivity index (χ2v) is 6.09. The minimum Gasteiger partial charge on any atom is -0.466 e. The Labute approximate surface area is 170 Å². The van der Waals surface area contributed by atoms with E-state index in [1.54, 1.807) is 32.0 Å². The van der Waals surface area contributed by atoms with Gasteiger partial charge in [-0.2, -0.15) is 0 Å². The zero-order chi connectivity index (χ0) is 21.8. The molecule has 0 aliphatic heterocycles. The largest absolute Gasteiger partial charge is 0.466 e. The van der Waals surface area contributed by atoms with Crippen LogP contribution in [-0.2, 0) is 23.9 Å². The van der Waals surface area contributed by atoms with Crippen LogP contribution in [0.4, 0.5) is 11.4 Å². The molecule has 0 spiro atoms. The van der Waals surface area contributed by atoms with Crippen molar-refractivity contribution in [2.24, 2.45) is 0 Å². The highest BCUT2D eigenvalue weighted by Crippen LogP contribution is 2.21. The van der Waals surface area contributed by atoms with E-state index in [1.807, 2.05) is 6.92 Å². The van der Waals surface area contributed by atoms with Crippen LogP contribution < -0.4 is 16.0 Å². The first kappa shape index (κ1) is 23.9. The fourth-order valence-electron chi connectivity index (χ4n) is 2.57. The third-order valence-corrected chi connectivity index (χ3v) is 3.77. The number of esters is 2. The molecule has 9 heteroatoms. The number of benzene rings is 1. The first-order valence-corrected chi connectivity index (χ1v) is 9.60. The van der Waals surface area contributed by atoms with Gasteiger partial charge in [0, 0.05) is 25.6 Å². The third-order valence-electron chi connectivity index (χ3n) is 3.77. The van der Waals surface area contributed by atoms with E-state index in [0.717, 1.165) is 5.69 Å². The maximum atomic E-state index is 12.8. The van der Waals surface area contributed by atoms with Crippen molar-refractivity contribution in [1.29, 1.82) is 0 Å². The number of hydrogen-bond acceptors (Lipinski definition) is 7. The highest BCUT2D eigenvalue weighted by molar-refractivity contribution is 6.05. The Kier molecular flexibility index (Phi) is 10.2. The average Bonchev–Trinajstić information content (AvgIpc) is 2.65. The summed E-state index contributed by atoms with van der Waals surface area (Å²) in [5.74, 6) is -2.02. The summed E-state index contributed by atoms with van der Waals surface area (Å²) >= 11 is 0. The van der Waals surface area contributed by atoms with Crippen LogP contribution in [0.5, 0.6) is 0 Å². The van der Waals surface area contributed by atoms with Crippen molar-refractivity contribution >= 4 is 35.1 Å². The first-order valence-electron chi connectivity index (χ1n) is 9.60. The van der Waals surface area contributed by atoms with Crippen molar-refractivity contribution in [2.45, 2.75) is 46.6 Å². The number of carbonyl (C=O) groups is 4. The summed E-state index contributed by atoms with van der Waals surface area (Å²) in [5.41, 5.74) is 1.23. The molecule has 0 unspecified atom stereocenters. The minimum absolute atomic E-state index is 0.0361. The van der Waals surface area contributed by atoms with Crippen LogP contribution in [0.1, 0.15) is 50.9 Å². The smallest absolute Gasteiger partial charge is 0.328 e. The average molecular weight is 407 g/mol. The molecular formula is C20H29N3O6. The topological polar surface area (TPSA) is 123 Å². The summed E-state index contributed by atoms with van der Waals surface area (Å²) in [6, 6.07) is 3.86. The molecule has 29 heavy (non-hydrogen) atoms. The molecule has 1 aromatic carbocycles. The number of anilines is 2. The lowest BCUT2D eigenvalue weighted by Gasteiger charge is -2.19. The van der Waals surface area contributed by atoms with Crippen molar-refractivity contribution in [3.05, 3.63) is 23.8 Å². The molecule has 1 aromatic rings. The van der Waals surface area contributed by atoms with Crippen LogP contribution in [0.3, 0.4) is 0 Å². The Morgan fingerprint density at radius 2 is 1.72 bits per heavy atom. The van der Waals surface area contributed by atoms with Crippen LogP contribution in [0.15, 0.2) is 18.2 Å². The van der Waals surface area contributed by atoms with E-state index in [2.05, 4.69) is 16.0 Å². The summed E-state index contributed by atoms with van der Waals surface area (Å²) in [5, 5.41) is 8.30. The quantitative estimate of drug-likeness (QED) is 0.480. The summed E-state index contributed by atoms with van der Waals surface area (Å²) in [6.45, 7) is 7.63. The fourth-order valence-corrected chi connectivity index (χ4v) is 2.57. The first-order chi connectivity index (χ1) is 13.8. The lowest BCUT2D eigenvalue weighted by molar-refractivity contribution is -0.146. The molecule has 0 heterocycles. The molecule has 0 fully saturated rings. The second kappa shape index (κ2) is 12.4. The van der Waals surface area contributed by atoms with Gasteiger partial charge in [0.05, 0.1) is 24.5 Å². The van der Waals surface area contributed by atoms with Gasteiger partial charge in [-0.25, -0.2) is 4.79 Å². The second-order valence-electron chi connectivity index (χ2n) is 6.09. The molecule has 1 atom stereocenters. The van der Waals surface area contributed by atoms with Crippen molar-refractivity contribution in [2.75, 3.05) is 30.4 Å². The van der Waals surface area contributed by atoms with Crippen molar-refractivity contribution in [1.82, 2.24) is 5.32 Å². The Morgan fingerprint density at radius 3 is 2.31 bits per heavy atom. The molecule has 0 bridgehead atoms. The van der Waals surface area contributed by atoms with Gasteiger partial charge in [-0.1, -0.05) is 0 Å². The summed E-state index contributed by atoms with van der Waals surface area (Å²) in [6.07, 6.45) is -0.0101. The molecule has 160 valence electrons. The van der Waals surface area contributed by atoms with E-state index >= 15 is 0 Å². The molecule has 0 saturated carbocycles. The van der Waals surface area contributed by atoms with Crippen LogP contribution in [0, 0.1) is 0 Å². The van der Waals surface area contributed by atoms with Gasteiger partial charge in [0.15, 0.2) is 0 Å². The van der Waals surface area contributed by atoms with Gasteiger partial charge >= 0.3 is 11.9 Å². The Morgan fingerprint density at radius 1 is 1.03 bits per heavy atom. The lowest BCUT2D eigenvalue weighted by Crippen LogP contribution is -2.42.